The highest BCUT2D eigenvalue weighted by molar-refractivity contribution is 6.33. The van der Waals surface area contributed by atoms with Crippen molar-refractivity contribution in [1.29, 1.82) is 0 Å². The molecule has 6 heteroatoms. The third-order valence-electron chi connectivity index (χ3n) is 2.65. The van der Waals surface area contributed by atoms with E-state index in [1.165, 1.54) is 7.11 Å². The lowest BCUT2D eigenvalue weighted by molar-refractivity contribution is 0.354. The zero-order chi connectivity index (χ0) is 13.3. The lowest BCUT2D eigenvalue weighted by Gasteiger charge is -2.13. The molecule has 0 radical (unpaired) electrons. The second kappa shape index (κ2) is 4.78. The van der Waals surface area contributed by atoms with Crippen LogP contribution in [0.1, 0.15) is 5.56 Å². The molecule has 0 spiro atoms. The molecular weight excluding hydrogens is 256 g/mol. The highest BCUT2D eigenvalue weighted by atomic mass is 35.5. The minimum absolute atomic E-state index is 0.315. The molecule has 0 fully saturated rings. The Kier molecular flexibility index (Phi) is 3.34. The van der Waals surface area contributed by atoms with Crippen LogP contribution in [0.15, 0.2) is 16.7 Å². The minimum atomic E-state index is 0.315. The summed E-state index contributed by atoms with van der Waals surface area (Å²) in [4.78, 5) is 0. The number of ether oxygens (including phenoxy) is 2. The Morgan fingerprint density at radius 1 is 1.28 bits per heavy atom. The number of benzene rings is 1. The molecule has 0 unspecified atom stereocenters. The average Bonchev–Trinajstić information content (AvgIpc) is 2.78. The van der Waals surface area contributed by atoms with Gasteiger partial charge in [0.25, 0.3) is 0 Å². The second-order valence-corrected chi connectivity index (χ2v) is 4.09. The summed E-state index contributed by atoms with van der Waals surface area (Å²) in [7, 11) is 3.08. The first-order chi connectivity index (χ1) is 8.58. The fourth-order valence-electron chi connectivity index (χ4n) is 1.72. The van der Waals surface area contributed by atoms with E-state index in [4.69, 9.17) is 31.3 Å². The van der Waals surface area contributed by atoms with E-state index in [1.807, 2.05) is 6.92 Å². The Hall–Kier alpha value is -1.88. The normalized spacial score (nSPS) is 10.4. The Balaban J connectivity index is 2.65. The van der Waals surface area contributed by atoms with Crippen LogP contribution in [0.25, 0.3) is 11.3 Å². The summed E-state index contributed by atoms with van der Waals surface area (Å²) in [6.07, 6.45) is 0. The molecule has 0 saturated carbocycles. The first-order valence-corrected chi connectivity index (χ1v) is 5.60. The summed E-state index contributed by atoms with van der Waals surface area (Å²) in [5.74, 6) is 1.87. The van der Waals surface area contributed by atoms with Crippen molar-refractivity contribution >= 4 is 17.4 Å². The van der Waals surface area contributed by atoms with Crippen molar-refractivity contribution in [3.8, 4) is 22.8 Å². The van der Waals surface area contributed by atoms with Crippen molar-refractivity contribution in [1.82, 2.24) is 5.16 Å². The summed E-state index contributed by atoms with van der Waals surface area (Å²) in [5.41, 5.74) is 7.11. The maximum Gasteiger partial charge on any atom is 0.179 e. The molecule has 1 aromatic heterocycles. The molecule has 0 aliphatic rings. The largest absolute Gasteiger partial charge is 0.493 e. The molecule has 96 valence electrons. The van der Waals surface area contributed by atoms with Crippen LogP contribution < -0.4 is 15.2 Å². The number of anilines is 1. The fraction of sp³-hybridized carbons (Fsp3) is 0.250. The van der Waals surface area contributed by atoms with Gasteiger partial charge in [0.15, 0.2) is 23.1 Å². The van der Waals surface area contributed by atoms with Gasteiger partial charge >= 0.3 is 0 Å². The topological polar surface area (TPSA) is 70.5 Å². The number of nitrogens with zero attached hydrogens (tertiary/aromatic N) is 1. The molecule has 0 atom stereocenters. The molecule has 18 heavy (non-hydrogen) atoms. The van der Waals surface area contributed by atoms with Crippen LogP contribution in [-0.2, 0) is 0 Å². The van der Waals surface area contributed by atoms with Gasteiger partial charge in [0.1, 0.15) is 0 Å². The monoisotopic (exact) mass is 268 g/mol. The van der Waals surface area contributed by atoms with Gasteiger partial charge in [-0.1, -0.05) is 16.8 Å². The van der Waals surface area contributed by atoms with Crippen molar-refractivity contribution in [3.63, 3.8) is 0 Å². The van der Waals surface area contributed by atoms with E-state index in [0.717, 1.165) is 11.1 Å². The highest BCUT2D eigenvalue weighted by Gasteiger charge is 2.18. The molecule has 0 amide bonds. The molecule has 1 aromatic carbocycles. The van der Waals surface area contributed by atoms with Crippen LogP contribution in [0.2, 0.25) is 5.02 Å². The quantitative estimate of drug-likeness (QED) is 0.927. The van der Waals surface area contributed by atoms with Crippen molar-refractivity contribution in [2.75, 3.05) is 20.0 Å². The minimum Gasteiger partial charge on any atom is -0.493 e. The van der Waals surface area contributed by atoms with Gasteiger partial charge in [-0.2, -0.15) is 0 Å². The van der Waals surface area contributed by atoms with E-state index in [2.05, 4.69) is 5.16 Å². The molecule has 1 heterocycles. The van der Waals surface area contributed by atoms with E-state index in [-0.39, 0.29) is 0 Å². The first-order valence-electron chi connectivity index (χ1n) is 5.22. The maximum atomic E-state index is 6.24. The molecule has 0 aliphatic heterocycles. The molecule has 0 aliphatic carbocycles. The highest BCUT2D eigenvalue weighted by Crippen LogP contribution is 2.42. The van der Waals surface area contributed by atoms with Crippen LogP contribution in [0.3, 0.4) is 0 Å². The molecule has 2 rings (SSSR count). The van der Waals surface area contributed by atoms with Gasteiger partial charge in [-0.15, -0.1) is 0 Å². The van der Waals surface area contributed by atoms with Crippen molar-refractivity contribution in [2.24, 2.45) is 0 Å². The SMILES string of the molecule is COc1cc(-c2cc(N)no2)c(C)c(Cl)c1OC. The van der Waals surface area contributed by atoms with E-state index in [1.54, 1.807) is 19.2 Å². The lowest BCUT2D eigenvalue weighted by Crippen LogP contribution is -1.95. The second-order valence-electron chi connectivity index (χ2n) is 3.71. The molecule has 2 aromatic rings. The Bertz CT molecular complexity index is 581. The van der Waals surface area contributed by atoms with Crippen LogP contribution >= 0.6 is 11.6 Å². The fourth-order valence-corrected chi connectivity index (χ4v) is 1.99. The van der Waals surface area contributed by atoms with E-state index in [0.29, 0.717) is 28.1 Å². The zero-order valence-corrected chi connectivity index (χ0v) is 11.0. The van der Waals surface area contributed by atoms with Gasteiger partial charge in [-0.3, -0.25) is 0 Å². The number of methoxy groups -OCH3 is 2. The first kappa shape index (κ1) is 12.6. The number of hydrogen-bond acceptors (Lipinski definition) is 5. The van der Waals surface area contributed by atoms with E-state index < -0.39 is 0 Å². The smallest absolute Gasteiger partial charge is 0.179 e. The van der Waals surface area contributed by atoms with Gasteiger partial charge in [-0.25, -0.2) is 0 Å². The van der Waals surface area contributed by atoms with Crippen LogP contribution in [0.5, 0.6) is 11.5 Å². The Morgan fingerprint density at radius 2 is 2.00 bits per heavy atom. The van der Waals surface area contributed by atoms with Gasteiger partial charge < -0.3 is 19.7 Å². The van der Waals surface area contributed by atoms with E-state index in [9.17, 15) is 0 Å². The standard InChI is InChI=1S/C12H13ClN2O3/c1-6-7(8-5-10(14)15-18-8)4-9(16-2)12(17-3)11(6)13/h4-5H,1-3H3,(H2,14,15). The maximum absolute atomic E-state index is 6.24. The number of nitrogens with two attached hydrogens (primary N) is 1. The van der Waals surface area contributed by atoms with Gasteiger partial charge in [0.2, 0.25) is 0 Å². The third-order valence-corrected chi connectivity index (χ3v) is 3.10. The lowest BCUT2D eigenvalue weighted by atomic mass is 10.1. The summed E-state index contributed by atoms with van der Waals surface area (Å²) in [6.45, 7) is 1.86. The Morgan fingerprint density at radius 3 is 2.50 bits per heavy atom. The molecule has 5 nitrogen and oxygen atoms in total. The third kappa shape index (κ3) is 1.97. The van der Waals surface area contributed by atoms with E-state index >= 15 is 0 Å². The van der Waals surface area contributed by atoms with Crippen LogP contribution in [0, 0.1) is 6.92 Å². The molecular formula is C12H13ClN2O3. The number of nitrogen functional groups attached to an aromatic ring is 1. The van der Waals surface area contributed by atoms with Gasteiger partial charge in [0, 0.05) is 11.6 Å². The van der Waals surface area contributed by atoms with Gasteiger partial charge in [-0.05, 0) is 18.6 Å². The number of hydrogen-bond donors (Lipinski definition) is 1. The molecule has 0 saturated heterocycles. The van der Waals surface area contributed by atoms with Crippen LogP contribution in [-0.4, -0.2) is 19.4 Å². The zero-order valence-electron chi connectivity index (χ0n) is 10.3. The predicted octanol–water partition coefficient (Wildman–Crippen LogP) is 2.90. The summed E-state index contributed by atoms with van der Waals surface area (Å²) in [6, 6.07) is 3.41. The molecule has 0 bridgehead atoms. The summed E-state index contributed by atoms with van der Waals surface area (Å²) >= 11 is 6.24. The number of aromatic nitrogens is 1. The van der Waals surface area contributed by atoms with Crippen molar-refractivity contribution < 1.29 is 14.0 Å². The molecule has 2 N–H and O–H groups in total. The van der Waals surface area contributed by atoms with Gasteiger partial charge in [0.05, 0.1) is 19.2 Å². The Labute approximate surface area is 109 Å². The van der Waals surface area contributed by atoms with Crippen molar-refractivity contribution in [3.05, 3.63) is 22.7 Å². The van der Waals surface area contributed by atoms with Crippen LogP contribution in [0.4, 0.5) is 5.82 Å². The summed E-state index contributed by atoms with van der Waals surface area (Å²) < 4.78 is 15.6. The predicted molar refractivity (Wildman–Crippen MR) is 69.2 cm³/mol. The average molecular weight is 269 g/mol. The number of halogens is 1. The summed E-state index contributed by atoms with van der Waals surface area (Å²) in [5, 5.41) is 4.12. The van der Waals surface area contributed by atoms with Crippen molar-refractivity contribution in [2.45, 2.75) is 6.92 Å². The number of rotatable bonds is 3.